The molecule has 0 aliphatic carbocycles. The molecule has 0 aromatic carbocycles. The fourth-order valence-corrected chi connectivity index (χ4v) is 2.20. The van der Waals surface area contributed by atoms with Crippen molar-refractivity contribution < 1.29 is 4.39 Å². The van der Waals surface area contributed by atoms with Crippen molar-refractivity contribution in [3.05, 3.63) is 47.8 Å². The van der Waals surface area contributed by atoms with Gasteiger partial charge < -0.3 is 5.32 Å². The van der Waals surface area contributed by atoms with Gasteiger partial charge in [0.25, 0.3) is 0 Å². The molecule has 5 heteroatoms. The first kappa shape index (κ1) is 14.7. The molecule has 2 aromatic heterocycles. The van der Waals surface area contributed by atoms with Crippen LogP contribution >= 0.6 is 0 Å². The fourth-order valence-electron chi connectivity index (χ4n) is 2.20. The molecule has 0 aliphatic rings. The van der Waals surface area contributed by atoms with Crippen molar-refractivity contribution in [2.75, 3.05) is 0 Å². The lowest BCUT2D eigenvalue weighted by Crippen LogP contribution is -2.31. The minimum Gasteiger partial charge on any atom is -0.301 e. The van der Waals surface area contributed by atoms with Crippen molar-refractivity contribution in [1.29, 1.82) is 0 Å². The van der Waals surface area contributed by atoms with Crippen LogP contribution in [0.25, 0.3) is 0 Å². The maximum Gasteiger partial charge on any atom is 0.141 e. The molecule has 1 N–H and O–H groups in total. The predicted octanol–water partition coefficient (Wildman–Crippen LogP) is 2.91. The summed E-state index contributed by atoms with van der Waals surface area (Å²) >= 11 is 0. The number of aryl methyl sites for hydroxylation is 1. The molecule has 2 heterocycles. The van der Waals surface area contributed by atoms with E-state index in [1.807, 2.05) is 10.7 Å². The van der Waals surface area contributed by atoms with Gasteiger partial charge in [-0.15, -0.1) is 0 Å². The third kappa shape index (κ3) is 3.42. The molecule has 0 amide bonds. The van der Waals surface area contributed by atoms with E-state index < -0.39 is 0 Å². The fraction of sp³-hybridized carbons (Fsp3) is 0.467. The Kier molecular flexibility index (Phi) is 4.84. The van der Waals surface area contributed by atoms with Crippen molar-refractivity contribution in [1.82, 2.24) is 20.1 Å². The summed E-state index contributed by atoms with van der Waals surface area (Å²) in [6, 6.07) is 5.36. The van der Waals surface area contributed by atoms with E-state index >= 15 is 0 Å². The molecular weight excluding hydrogens is 255 g/mol. The van der Waals surface area contributed by atoms with Gasteiger partial charge in [0.1, 0.15) is 5.82 Å². The highest BCUT2D eigenvalue weighted by molar-refractivity contribution is 5.22. The normalized spacial score (nSPS) is 12.8. The van der Waals surface area contributed by atoms with E-state index in [9.17, 15) is 4.39 Å². The molecule has 0 saturated carbocycles. The average Bonchev–Trinajstić information content (AvgIpc) is 2.85. The highest BCUT2D eigenvalue weighted by Crippen LogP contribution is 2.21. The number of rotatable bonds is 6. The lowest BCUT2D eigenvalue weighted by atomic mass is 10.1. The Morgan fingerprint density at radius 2 is 2.10 bits per heavy atom. The molecule has 1 unspecified atom stereocenters. The Labute approximate surface area is 119 Å². The Morgan fingerprint density at radius 3 is 2.70 bits per heavy atom. The first-order chi connectivity index (χ1) is 9.61. The largest absolute Gasteiger partial charge is 0.301 e. The summed E-state index contributed by atoms with van der Waals surface area (Å²) < 4.78 is 15.0. The Hall–Kier alpha value is -1.75. The summed E-state index contributed by atoms with van der Waals surface area (Å²) in [5.74, 6) is -0.320. The summed E-state index contributed by atoms with van der Waals surface area (Å²) in [6.45, 7) is 7.14. The van der Waals surface area contributed by atoms with Crippen molar-refractivity contribution >= 4 is 0 Å². The molecule has 20 heavy (non-hydrogen) atoms. The standard InChI is InChI=1S/C15H21FN4/c1-4-9-20-14(7-8-18-20)15(19-11(2)3)13-6-5-12(16)10-17-13/h5-8,10-11,15,19H,4,9H2,1-3H3. The van der Waals surface area contributed by atoms with Crippen LogP contribution in [0.15, 0.2) is 30.6 Å². The van der Waals surface area contributed by atoms with Crippen LogP contribution in [0.5, 0.6) is 0 Å². The lowest BCUT2D eigenvalue weighted by Gasteiger charge is -2.22. The second-order valence-electron chi connectivity index (χ2n) is 5.13. The minimum atomic E-state index is -0.320. The van der Waals surface area contributed by atoms with Gasteiger partial charge in [-0.25, -0.2) is 4.39 Å². The molecule has 2 rings (SSSR count). The number of halogens is 1. The molecule has 0 radical (unpaired) electrons. The highest BCUT2D eigenvalue weighted by atomic mass is 19.1. The SMILES string of the molecule is CCCn1nccc1C(NC(C)C)c1ccc(F)cn1. The van der Waals surface area contributed by atoms with Crippen LogP contribution in [0, 0.1) is 5.82 Å². The second-order valence-corrected chi connectivity index (χ2v) is 5.13. The zero-order valence-corrected chi connectivity index (χ0v) is 12.2. The van der Waals surface area contributed by atoms with Crippen molar-refractivity contribution in [3.63, 3.8) is 0 Å². The van der Waals surface area contributed by atoms with E-state index in [1.165, 1.54) is 12.3 Å². The molecule has 2 aromatic rings. The second kappa shape index (κ2) is 6.61. The van der Waals surface area contributed by atoms with Gasteiger partial charge in [0, 0.05) is 18.8 Å². The summed E-state index contributed by atoms with van der Waals surface area (Å²) in [6.07, 6.45) is 4.06. The number of nitrogens with zero attached hydrogens (tertiary/aromatic N) is 3. The molecule has 0 saturated heterocycles. The minimum absolute atomic E-state index is 0.0790. The van der Waals surface area contributed by atoms with Crippen LogP contribution in [0.3, 0.4) is 0 Å². The number of hydrogen-bond acceptors (Lipinski definition) is 3. The van der Waals surface area contributed by atoms with Gasteiger partial charge in [0.05, 0.1) is 23.6 Å². The smallest absolute Gasteiger partial charge is 0.141 e. The van der Waals surface area contributed by atoms with E-state index in [-0.39, 0.29) is 17.9 Å². The number of hydrogen-bond donors (Lipinski definition) is 1. The number of aromatic nitrogens is 3. The van der Waals surface area contributed by atoms with Gasteiger partial charge in [-0.2, -0.15) is 5.10 Å². The highest BCUT2D eigenvalue weighted by Gasteiger charge is 2.20. The number of pyridine rings is 1. The molecule has 0 aliphatic heterocycles. The molecule has 0 spiro atoms. The first-order valence-corrected chi connectivity index (χ1v) is 7.01. The van der Waals surface area contributed by atoms with Gasteiger partial charge in [0.15, 0.2) is 0 Å². The van der Waals surface area contributed by atoms with E-state index in [1.54, 1.807) is 12.3 Å². The molecule has 1 atom stereocenters. The zero-order valence-electron chi connectivity index (χ0n) is 12.2. The van der Waals surface area contributed by atoms with Crippen LogP contribution in [0.4, 0.5) is 4.39 Å². The predicted molar refractivity (Wildman–Crippen MR) is 76.8 cm³/mol. The third-order valence-electron chi connectivity index (χ3n) is 3.03. The topological polar surface area (TPSA) is 42.7 Å². The maximum atomic E-state index is 13.1. The van der Waals surface area contributed by atoms with Crippen LogP contribution < -0.4 is 5.32 Å². The summed E-state index contributed by atoms with van der Waals surface area (Å²) in [7, 11) is 0. The molecule has 108 valence electrons. The van der Waals surface area contributed by atoms with Crippen molar-refractivity contribution in [2.24, 2.45) is 0 Å². The van der Waals surface area contributed by atoms with Crippen LogP contribution in [0.1, 0.15) is 44.6 Å². The first-order valence-electron chi connectivity index (χ1n) is 7.01. The van der Waals surface area contributed by atoms with Gasteiger partial charge in [-0.3, -0.25) is 9.67 Å². The number of nitrogens with one attached hydrogen (secondary N) is 1. The molecule has 4 nitrogen and oxygen atoms in total. The van der Waals surface area contributed by atoms with Crippen LogP contribution in [-0.4, -0.2) is 20.8 Å². The quantitative estimate of drug-likeness (QED) is 0.882. The summed E-state index contributed by atoms with van der Waals surface area (Å²) in [5.41, 5.74) is 1.86. The van der Waals surface area contributed by atoms with E-state index in [0.29, 0.717) is 0 Å². The van der Waals surface area contributed by atoms with E-state index in [4.69, 9.17) is 0 Å². The summed E-state index contributed by atoms with van der Waals surface area (Å²) in [5, 5.41) is 7.82. The zero-order chi connectivity index (χ0) is 14.5. The average molecular weight is 276 g/mol. The Morgan fingerprint density at radius 1 is 1.30 bits per heavy atom. The van der Waals surface area contributed by atoms with Crippen molar-refractivity contribution in [2.45, 2.75) is 45.8 Å². The van der Waals surface area contributed by atoms with Gasteiger partial charge in [-0.1, -0.05) is 6.92 Å². The van der Waals surface area contributed by atoms with Gasteiger partial charge in [-0.05, 0) is 38.5 Å². The molecule has 0 fully saturated rings. The monoisotopic (exact) mass is 276 g/mol. The maximum absolute atomic E-state index is 13.1. The molecular formula is C15H21FN4. The summed E-state index contributed by atoms with van der Waals surface area (Å²) in [4.78, 5) is 4.21. The van der Waals surface area contributed by atoms with Gasteiger partial charge in [0.2, 0.25) is 0 Å². The Balaban J connectivity index is 2.36. The van der Waals surface area contributed by atoms with E-state index in [2.05, 4.69) is 36.2 Å². The van der Waals surface area contributed by atoms with E-state index in [0.717, 1.165) is 24.4 Å². The van der Waals surface area contributed by atoms with Crippen LogP contribution in [-0.2, 0) is 6.54 Å². The molecule has 0 bridgehead atoms. The van der Waals surface area contributed by atoms with Crippen molar-refractivity contribution in [3.8, 4) is 0 Å². The third-order valence-corrected chi connectivity index (χ3v) is 3.03. The van der Waals surface area contributed by atoms with Crippen LogP contribution in [0.2, 0.25) is 0 Å². The lowest BCUT2D eigenvalue weighted by molar-refractivity contribution is 0.470. The Bertz CT molecular complexity index is 533. The van der Waals surface area contributed by atoms with Gasteiger partial charge >= 0.3 is 0 Å².